The van der Waals surface area contributed by atoms with Gasteiger partial charge in [-0.1, -0.05) is 26.2 Å². The Morgan fingerprint density at radius 2 is 1.90 bits per heavy atom. The third kappa shape index (κ3) is 2.71. The first-order chi connectivity index (χ1) is 9.51. The minimum Gasteiger partial charge on any atom is -0.277 e. The summed E-state index contributed by atoms with van der Waals surface area (Å²) in [5, 5.41) is 2.77. The van der Waals surface area contributed by atoms with Crippen molar-refractivity contribution in [2.45, 2.75) is 50.7 Å². The third-order valence-electron chi connectivity index (χ3n) is 4.42. The monoisotopic (exact) mass is 298 g/mol. The first-order valence-electron chi connectivity index (χ1n) is 7.21. The molecule has 6 heteroatoms. The molecule has 1 spiro atoms. The summed E-state index contributed by atoms with van der Waals surface area (Å²) in [6.07, 6.45) is 6.71. The summed E-state index contributed by atoms with van der Waals surface area (Å²) >= 11 is 1.71. The standard InChI is InChI=1S/C14H22N2O3S/c1-10(20-2)6-9-16-12(18)14(7-4-3-5-8-14)11(17)15-13(16)19/h10H,3-9H2,1-2H3,(H,15,17,19). The van der Waals surface area contributed by atoms with Crippen molar-refractivity contribution in [3.8, 4) is 0 Å². The van der Waals surface area contributed by atoms with E-state index in [2.05, 4.69) is 12.2 Å². The molecule has 1 saturated carbocycles. The molecule has 5 nitrogen and oxygen atoms in total. The summed E-state index contributed by atoms with van der Waals surface area (Å²) in [7, 11) is 0. The van der Waals surface area contributed by atoms with Crippen molar-refractivity contribution in [3.05, 3.63) is 0 Å². The predicted octanol–water partition coefficient (Wildman–Crippen LogP) is 2.16. The summed E-state index contributed by atoms with van der Waals surface area (Å²) in [5.41, 5.74) is -0.977. The number of urea groups is 1. The van der Waals surface area contributed by atoms with Gasteiger partial charge in [-0.15, -0.1) is 0 Å². The highest BCUT2D eigenvalue weighted by atomic mass is 32.2. The molecule has 0 aromatic heterocycles. The molecule has 1 heterocycles. The van der Waals surface area contributed by atoms with Gasteiger partial charge in [-0.2, -0.15) is 11.8 Å². The minimum absolute atomic E-state index is 0.278. The highest BCUT2D eigenvalue weighted by Crippen LogP contribution is 2.40. The number of thioether (sulfide) groups is 1. The third-order valence-corrected chi connectivity index (χ3v) is 5.46. The summed E-state index contributed by atoms with van der Waals surface area (Å²) in [6, 6.07) is -0.551. The van der Waals surface area contributed by atoms with Crippen LogP contribution in [0.2, 0.25) is 0 Å². The average molecular weight is 298 g/mol. The molecule has 2 rings (SSSR count). The van der Waals surface area contributed by atoms with Gasteiger partial charge in [0, 0.05) is 11.8 Å². The smallest absolute Gasteiger partial charge is 0.277 e. The van der Waals surface area contributed by atoms with Crippen LogP contribution in [0.5, 0.6) is 0 Å². The van der Waals surface area contributed by atoms with Gasteiger partial charge in [0.1, 0.15) is 5.41 Å². The fourth-order valence-corrected chi connectivity index (χ4v) is 3.30. The number of amides is 4. The van der Waals surface area contributed by atoms with Gasteiger partial charge >= 0.3 is 6.03 Å². The van der Waals surface area contributed by atoms with Gasteiger partial charge < -0.3 is 0 Å². The van der Waals surface area contributed by atoms with Crippen molar-refractivity contribution in [2.24, 2.45) is 5.41 Å². The maximum atomic E-state index is 12.7. The van der Waals surface area contributed by atoms with E-state index in [0.29, 0.717) is 24.6 Å². The number of nitrogens with one attached hydrogen (secondary N) is 1. The normalized spacial score (nSPS) is 23.9. The summed E-state index contributed by atoms with van der Waals surface area (Å²) in [4.78, 5) is 38.0. The Hall–Kier alpha value is -1.04. The largest absolute Gasteiger partial charge is 0.330 e. The fourth-order valence-electron chi connectivity index (χ4n) is 2.96. The van der Waals surface area contributed by atoms with Crippen molar-refractivity contribution in [1.29, 1.82) is 0 Å². The molecule has 0 aromatic carbocycles. The van der Waals surface area contributed by atoms with Crippen LogP contribution in [0.15, 0.2) is 0 Å². The lowest BCUT2D eigenvalue weighted by molar-refractivity contribution is -0.153. The zero-order valence-corrected chi connectivity index (χ0v) is 12.9. The van der Waals surface area contributed by atoms with Crippen LogP contribution < -0.4 is 5.32 Å². The Balaban J connectivity index is 2.14. The molecule has 1 unspecified atom stereocenters. The van der Waals surface area contributed by atoms with Gasteiger partial charge in [-0.05, 0) is 25.5 Å². The van der Waals surface area contributed by atoms with E-state index < -0.39 is 11.4 Å². The van der Waals surface area contributed by atoms with Crippen LogP contribution in [0.25, 0.3) is 0 Å². The van der Waals surface area contributed by atoms with E-state index in [1.807, 2.05) is 6.26 Å². The van der Waals surface area contributed by atoms with Crippen LogP contribution in [0, 0.1) is 5.41 Å². The number of nitrogens with zero attached hydrogens (tertiary/aromatic N) is 1. The van der Waals surface area contributed by atoms with Crippen LogP contribution in [-0.4, -0.2) is 40.8 Å². The lowest BCUT2D eigenvalue weighted by atomic mass is 9.71. The second kappa shape index (κ2) is 6.16. The topological polar surface area (TPSA) is 66.5 Å². The maximum absolute atomic E-state index is 12.7. The van der Waals surface area contributed by atoms with Crippen molar-refractivity contribution < 1.29 is 14.4 Å². The molecule has 20 heavy (non-hydrogen) atoms. The predicted molar refractivity (Wildman–Crippen MR) is 78.4 cm³/mol. The molecule has 1 aliphatic heterocycles. The molecule has 1 atom stereocenters. The number of imide groups is 2. The van der Waals surface area contributed by atoms with E-state index in [-0.39, 0.29) is 11.8 Å². The molecule has 0 bridgehead atoms. The van der Waals surface area contributed by atoms with Gasteiger partial charge in [0.25, 0.3) is 0 Å². The van der Waals surface area contributed by atoms with Gasteiger partial charge in [0.15, 0.2) is 0 Å². The number of barbiturate groups is 1. The van der Waals surface area contributed by atoms with E-state index in [4.69, 9.17) is 0 Å². The SMILES string of the molecule is CSC(C)CCN1C(=O)NC(=O)C2(CCCCC2)C1=O. The maximum Gasteiger partial charge on any atom is 0.330 e. The Bertz CT molecular complexity index is 419. The summed E-state index contributed by atoms with van der Waals surface area (Å²) < 4.78 is 0. The van der Waals surface area contributed by atoms with Crippen LogP contribution >= 0.6 is 11.8 Å². The zero-order chi connectivity index (χ0) is 14.8. The molecular formula is C14H22N2O3S. The summed E-state index contributed by atoms with van der Waals surface area (Å²) in [5.74, 6) is -0.666. The number of carbonyl (C=O) groups is 3. The van der Waals surface area contributed by atoms with E-state index in [1.54, 1.807) is 11.8 Å². The zero-order valence-electron chi connectivity index (χ0n) is 12.1. The first kappa shape index (κ1) is 15.4. The van der Waals surface area contributed by atoms with Crippen LogP contribution in [0.1, 0.15) is 45.4 Å². The molecule has 0 radical (unpaired) electrons. The highest BCUT2D eigenvalue weighted by Gasteiger charge is 2.53. The molecule has 2 aliphatic rings. The van der Waals surface area contributed by atoms with E-state index >= 15 is 0 Å². The lowest BCUT2D eigenvalue weighted by Crippen LogP contribution is -2.64. The quantitative estimate of drug-likeness (QED) is 0.808. The first-order valence-corrected chi connectivity index (χ1v) is 8.50. The van der Waals surface area contributed by atoms with Crippen molar-refractivity contribution >= 4 is 29.6 Å². The molecular weight excluding hydrogens is 276 g/mol. The Kier molecular flexibility index (Phi) is 4.73. The van der Waals surface area contributed by atoms with Gasteiger partial charge in [0.2, 0.25) is 11.8 Å². The second-order valence-corrected chi connectivity index (χ2v) is 6.97. The molecule has 0 aromatic rings. The van der Waals surface area contributed by atoms with Gasteiger partial charge in [0.05, 0.1) is 0 Å². The van der Waals surface area contributed by atoms with Gasteiger partial charge in [-0.3, -0.25) is 19.8 Å². The molecule has 1 aliphatic carbocycles. The molecule has 1 N–H and O–H groups in total. The number of hydrogen-bond acceptors (Lipinski definition) is 4. The van der Waals surface area contributed by atoms with Crippen LogP contribution in [-0.2, 0) is 9.59 Å². The van der Waals surface area contributed by atoms with Crippen molar-refractivity contribution in [2.75, 3.05) is 12.8 Å². The minimum atomic E-state index is -0.977. The van der Waals surface area contributed by atoms with Crippen LogP contribution in [0.4, 0.5) is 4.79 Å². The molecule has 112 valence electrons. The fraction of sp³-hybridized carbons (Fsp3) is 0.786. The Morgan fingerprint density at radius 1 is 1.25 bits per heavy atom. The number of rotatable bonds is 4. The van der Waals surface area contributed by atoms with E-state index in [9.17, 15) is 14.4 Å². The molecule has 4 amide bonds. The van der Waals surface area contributed by atoms with E-state index in [1.165, 1.54) is 4.90 Å². The average Bonchev–Trinajstić information content (AvgIpc) is 2.46. The Labute approximate surface area is 123 Å². The van der Waals surface area contributed by atoms with Gasteiger partial charge in [-0.25, -0.2) is 4.79 Å². The number of carbonyl (C=O) groups excluding carboxylic acids is 3. The van der Waals surface area contributed by atoms with Crippen LogP contribution in [0.3, 0.4) is 0 Å². The number of hydrogen-bond donors (Lipinski definition) is 1. The Morgan fingerprint density at radius 3 is 2.50 bits per heavy atom. The lowest BCUT2D eigenvalue weighted by Gasteiger charge is -2.41. The highest BCUT2D eigenvalue weighted by molar-refractivity contribution is 7.99. The van der Waals surface area contributed by atoms with E-state index in [0.717, 1.165) is 25.7 Å². The molecule has 1 saturated heterocycles. The molecule has 2 fully saturated rings. The van der Waals surface area contributed by atoms with Crippen molar-refractivity contribution in [1.82, 2.24) is 10.2 Å². The second-order valence-electron chi connectivity index (χ2n) is 5.69. The van der Waals surface area contributed by atoms with Crippen molar-refractivity contribution in [3.63, 3.8) is 0 Å². The summed E-state index contributed by atoms with van der Waals surface area (Å²) in [6.45, 7) is 2.46.